The fourth-order valence-electron chi connectivity index (χ4n) is 3.84. The molecule has 1 aliphatic heterocycles. The Balaban J connectivity index is 1.35. The quantitative estimate of drug-likeness (QED) is 0.524. The molecule has 1 N–H and O–H groups in total. The number of hydrogen-bond donors (Lipinski definition) is 1. The van der Waals surface area contributed by atoms with Crippen molar-refractivity contribution < 1.29 is 0 Å². The van der Waals surface area contributed by atoms with Crippen molar-refractivity contribution in [1.82, 2.24) is 24.4 Å². The van der Waals surface area contributed by atoms with Crippen LogP contribution >= 0.6 is 0 Å². The Morgan fingerprint density at radius 2 is 1.73 bits per heavy atom. The van der Waals surface area contributed by atoms with Crippen molar-refractivity contribution in [1.29, 1.82) is 0 Å². The maximum Gasteiger partial charge on any atom is 0.138 e. The molecule has 0 fully saturated rings. The number of H-pyrrole nitrogens is 1. The van der Waals surface area contributed by atoms with Gasteiger partial charge in [-0.25, -0.2) is 9.97 Å². The normalized spacial score (nSPS) is 13.0. The fourth-order valence-corrected chi connectivity index (χ4v) is 3.84. The van der Waals surface area contributed by atoms with Crippen LogP contribution in [0.2, 0.25) is 0 Å². The van der Waals surface area contributed by atoms with Gasteiger partial charge in [0.05, 0.1) is 36.5 Å². The monoisotopic (exact) mass is 395 g/mol. The van der Waals surface area contributed by atoms with Gasteiger partial charge in [0.15, 0.2) is 0 Å². The Morgan fingerprint density at radius 1 is 0.967 bits per heavy atom. The van der Waals surface area contributed by atoms with E-state index in [-0.39, 0.29) is 0 Å². The van der Waals surface area contributed by atoms with E-state index in [2.05, 4.69) is 88.0 Å². The number of benzene rings is 2. The van der Waals surface area contributed by atoms with Gasteiger partial charge in [-0.05, 0) is 42.2 Å². The van der Waals surface area contributed by atoms with Crippen LogP contribution in [-0.4, -0.2) is 24.4 Å². The Kier molecular flexibility index (Phi) is 4.51. The number of imidazole rings is 2. The number of fused-ring (bicyclic) bond motifs is 1. The third-order valence-electron chi connectivity index (χ3n) is 5.90. The number of nitrogens with zero attached hydrogens (tertiary/aromatic N) is 4. The second-order valence-corrected chi connectivity index (χ2v) is 8.04. The van der Waals surface area contributed by atoms with Crippen LogP contribution in [0.3, 0.4) is 0 Å². The van der Waals surface area contributed by atoms with Crippen LogP contribution in [0, 0.1) is 13.8 Å². The van der Waals surface area contributed by atoms with E-state index in [4.69, 9.17) is 4.98 Å². The molecule has 5 heteroatoms. The number of rotatable bonds is 4. The van der Waals surface area contributed by atoms with E-state index in [1.54, 1.807) is 0 Å². The average molecular weight is 396 g/mol. The highest BCUT2D eigenvalue weighted by Crippen LogP contribution is 2.27. The molecular weight excluding hydrogens is 370 g/mol. The lowest BCUT2D eigenvalue weighted by atomic mass is 9.99. The first-order chi connectivity index (χ1) is 14.6. The summed E-state index contributed by atoms with van der Waals surface area (Å²) in [6.45, 7) is 5.91. The third kappa shape index (κ3) is 3.43. The van der Waals surface area contributed by atoms with Crippen molar-refractivity contribution in [3.63, 3.8) is 0 Å². The maximum atomic E-state index is 4.88. The minimum Gasteiger partial charge on any atom is -0.366 e. The van der Waals surface area contributed by atoms with Crippen LogP contribution in [0.15, 0.2) is 61.2 Å². The Hall–Kier alpha value is -3.60. The maximum absolute atomic E-state index is 4.88. The van der Waals surface area contributed by atoms with Gasteiger partial charge in [0.2, 0.25) is 0 Å². The highest BCUT2D eigenvalue weighted by Gasteiger charge is 2.17. The Morgan fingerprint density at radius 3 is 2.47 bits per heavy atom. The van der Waals surface area contributed by atoms with E-state index in [9.17, 15) is 0 Å². The van der Waals surface area contributed by atoms with Crippen LogP contribution in [0.25, 0.3) is 28.6 Å². The molecule has 0 amide bonds. The lowest BCUT2D eigenvalue weighted by Crippen LogP contribution is -2.20. The number of hydrogen-bond acceptors (Lipinski definition) is 3. The van der Waals surface area contributed by atoms with Crippen LogP contribution in [0.4, 0.5) is 0 Å². The summed E-state index contributed by atoms with van der Waals surface area (Å²) in [5, 5.41) is 0. The summed E-state index contributed by atoms with van der Waals surface area (Å²) in [5.41, 5.74) is 9.55. The standard InChI is InChI=1S/C25H25N5/c1-17-4-5-21(12-18(17)2)19-6-8-20(9-7-19)25-27-23-10-11-30(15-24(23)28-25)14-22-13-26-16-29(22)3/h4-13,16H,14-15H2,1-3H3,(H,27,28). The summed E-state index contributed by atoms with van der Waals surface area (Å²) in [6, 6.07) is 15.2. The minimum absolute atomic E-state index is 0.786. The fraction of sp³-hybridized carbons (Fsp3) is 0.200. The third-order valence-corrected chi connectivity index (χ3v) is 5.90. The number of aromatic amines is 1. The zero-order valence-corrected chi connectivity index (χ0v) is 17.6. The van der Waals surface area contributed by atoms with Gasteiger partial charge in [0, 0.05) is 25.0 Å². The summed E-state index contributed by atoms with van der Waals surface area (Å²) >= 11 is 0. The molecule has 30 heavy (non-hydrogen) atoms. The van der Waals surface area contributed by atoms with E-state index >= 15 is 0 Å². The van der Waals surface area contributed by atoms with Gasteiger partial charge in [-0.15, -0.1) is 0 Å². The van der Waals surface area contributed by atoms with Gasteiger partial charge in [0.1, 0.15) is 5.82 Å². The van der Waals surface area contributed by atoms with E-state index in [0.29, 0.717) is 0 Å². The largest absolute Gasteiger partial charge is 0.366 e. The highest BCUT2D eigenvalue weighted by atomic mass is 15.2. The molecule has 0 saturated heterocycles. The van der Waals surface area contributed by atoms with Crippen molar-refractivity contribution >= 4 is 6.08 Å². The molecule has 150 valence electrons. The number of nitrogens with one attached hydrogen (secondary N) is 1. The molecule has 0 saturated carbocycles. The van der Waals surface area contributed by atoms with Crippen molar-refractivity contribution in [2.45, 2.75) is 26.9 Å². The molecule has 4 aromatic rings. The lowest BCUT2D eigenvalue weighted by Gasteiger charge is -2.22. The van der Waals surface area contributed by atoms with Crippen LogP contribution < -0.4 is 0 Å². The summed E-state index contributed by atoms with van der Waals surface area (Å²) < 4.78 is 2.05. The van der Waals surface area contributed by atoms with Gasteiger partial charge in [-0.1, -0.05) is 42.5 Å². The zero-order valence-electron chi connectivity index (χ0n) is 17.6. The summed E-state index contributed by atoms with van der Waals surface area (Å²) in [4.78, 5) is 14.8. The van der Waals surface area contributed by atoms with Crippen molar-refractivity contribution in [3.8, 4) is 22.5 Å². The molecule has 3 heterocycles. The molecule has 0 atom stereocenters. The molecule has 0 radical (unpaired) electrons. The molecule has 2 aromatic heterocycles. The minimum atomic E-state index is 0.786. The van der Waals surface area contributed by atoms with E-state index < -0.39 is 0 Å². The van der Waals surface area contributed by atoms with Crippen LogP contribution in [0.5, 0.6) is 0 Å². The van der Waals surface area contributed by atoms with Gasteiger partial charge >= 0.3 is 0 Å². The van der Waals surface area contributed by atoms with Gasteiger partial charge < -0.3 is 14.5 Å². The molecule has 0 bridgehead atoms. The highest BCUT2D eigenvalue weighted by molar-refractivity contribution is 5.69. The zero-order chi connectivity index (χ0) is 20.7. The Bertz CT molecular complexity index is 1230. The predicted molar refractivity (Wildman–Crippen MR) is 120 cm³/mol. The average Bonchev–Trinajstić information content (AvgIpc) is 3.36. The smallest absolute Gasteiger partial charge is 0.138 e. The SMILES string of the molecule is Cc1ccc(-c2ccc(-c3nc4c([nH]3)C=CN(Cc3cncn3C)C4)cc2)cc1C. The van der Waals surface area contributed by atoms with Gasteiger partial charge in [0.25, 0.3) is 0 Å². The van der Waals surface area contributed by atoms with E-state index in [0.717, 1.165) is 35.9 Å². The second-order valence-electron chi connectivity index (χ2n) is 8.04. The predicted octanol–water partition coefficient (Wildman–Crippen LogP) is 5.08. The first kappa shape index (κ1) is 18.4. The van der Waals surface area contributed by atoms with Crippen molar-refractivity contribution in [3.05, 3.63) is 89.4 Å². The van der Waals surface area contributed by atoms with Gasteiger partial charge in [-0.3, -0.25) is 0 Å². The second kappa shape index (κ2) is 7.34. The van der Waals surface area contributed by atoms with E-state index in [1.807, 2.05) is 19.6 Å². The number of aromatic nitrogens is 4. The molecule has 0 unspecified atom stereocenters. The van der Waals surface area contributed by atoms with E-state index in [1.165, 1.54) is 27.9 Å². The first-order valence-electron chi connectivity index (χ1n) is 10.2. The van der Waals surface area contributed by atoms with Crippen LogP contribution in [-0.2, 0) is 20.1 Å². The van der Waals surface area contributed by atoms with Crippen LogP contribution in [0.1, 0.15) is 28.2 Å². The molecule has 5 rings (SSSR count). The van der Waals surface area contributed by atoms with Gasteiger partial charge in [-0.2, -0.15) is 0 Å². The Labute approximate surface area is 176 Å². The van der Waals surface area contributed by atoms with Crippen molar-refractivity contribution in [2.75, 3.05) is 0 Å². The number of aryl methyl sites for hydroxylation is 3. The molecule has 2 aromatic carbocycles. The topological polar surface area (TPSA) is 49.7 Å². The first-order valence-corrected chi connectivity index (χ1v) is 10.2. The molecule has 1 aliphatic rings. The summed E-state index contributed by atoms with van der Waals surface area (Å²) in [6.07, 6.45) is 7.98. The lowest BCUT2D eigenvalue weighted by molar-refractivity contribution is 0.347. The molecule has 0 aliphatic carbocycles. The summed E-state index contributed by atoms with van der Waals surface area (Å²) in [7, 11) is 2.02. The molecular formula is C25H25N5. The van der Waals surface area contributed by atoms with Crippen molar-refractivity contribution in [2.24, 2.45) is 7.05 Å². The summed E-state index contributed by atoms with van der Waals surface area (Å²) in [5.74, 6) is 0.915. The molecule has 5 nitrogen and oxygen atoms in total. The molecule has 0 spiro atoms.